The molecular formula is C23H17NO4. The van der Waals surface area contributed by atoms with Gasteiger partial charge in [0.2, 0.25) is 5.88 Å². The molecule has 0 radical (unpaired) electrons. The maximum atomic E-state index is 10.1. The fraction of sp³-hybridized carbons (Fsp3) is 0.0870. The summed E-state index contributed by atoms with van der Waals surface area (Å²) in [6.45, 7) is 0.359. The van der Waals surface area contributed by atoms with Crippen molar-refractivity contribution in [2.45, 2.75) is 6.61 Å². The summed E-state index contributed by atoms with van der Waals surface area (Å²) < 4.78 is 11.3. The number of nitrogens with zero attached hydrogens (tertiary/aromatic N) is 1. The van der Waals surface area contributed by atoms with Gasteiger partial charge in [0.25, 0.3) is 0 Å². The first-order chi connectivity index (χ1) is 13.6. The molecule has 0 aliphatic carbocycles. The lowest BCUT2D eigenvalue weighted by Crippen LogP contribution is -2.07. The highest BCUT2D eigenvalue weighted by Crippen LogP contribution is 2.48. The number of fused-ring (bicyclic) bond motifs is 4. The molecular weight excluding hydrogens is 354 g/mol. The van der Waals surface area contributed by atoms with Gasteiger partial charge in [-0.2, -0.15) is 0 Å². The van der Waals surface area contributed by atoms with Crippen molar-refractivity contribution in [3.8, 4) is 45.4 Å². The Kier molecular flexibility index (Phi) is 3.62. The molecule has 1 aromatic heterocycles. The number of benzene rings is 3. The SMILES string of the molecule is COc1ccc(-c2c3c(cc4ccc(O)cc24)-c2ccc(O)cc2CO3)cn1. The van der Waals surface area contributed by atoms with E-state index >= 15 is 0 Å². The molecule has 5 rings (SSSR count). The third-order valence-corrected chi connectivity index (χ3v) is 5.06. The number of ether oxygens (including phenoxy) is 2. The second-order valence-electron chi connectivity index (χ2n) is 6.75. The van der Waals surface area contributed by atoms with Crippen LogP contribution in [0, 0.1) is 0 Å². The Labute approximate surface area is 161 Å². The van der Waals surface area contributed by atoms with Crippen molar-refractivity contribution in [1.29, 1.82) is 0 Å². The second-order valence-corrected chi connectivity index (χ2v) is 6.75. The lowest BCUT2D eigenvalue weighted by molar-refractivity contribution is 0.303. The van der Waals surface area contributed by atoms with E-state index in [2.05, 4.69) is 11.1 Å². The van der Waals surface area contributed by atoms with Crippen molar-refractivity contribution in [2.24, 2.45) is 0 Å². The average molecular weight is 371 g/mol. The maximum absolute atomic E-state index is 10.1. The summed E-state index contributed by atoms with van der Waals surface area (Å²) in [5.74, 6) is 1.68. The number of methoxy groups -OCH3 is 1. The van der Waals surface area contributed by atoms with E-state index in [1.807, 2.05) is 18.2 Å². The van der Waals surface area contributed by atoms with Crippen LogP contribution in [0.4, 0.5) is 0 Å². The highest BCUT2D eigenvalue weighted by atomic mass is 16.5. The van der Waals surface area contributed by atoms with Gasteiger partial charge in [0, 0.05) is 34.5 Å². The summed E-state index contributed by atoms with van der Waals surface area (Å²) in [5.41, 5.74) is 4.65. The third kappa shape index (κ3) is 2.52. The molecule has 138 valence electrons. The largest absolute Gasteiger partial charge is 0.508 e. The zero-order valence-corrected chi connectivity index (χ0v) is 15.1. The number of phenols is 2. The molecule has 0 amide bonds. The molecule has 2 heterocycles. The second kappa shape index (κ2) is 6.16. The van der Waals surface area contributed by atoms with Gasteiger partial charge in [-0.3, -0.25) is 0 Å². The van der Waals surface area contributed by atoms with Crippen LogP contribution in [0.15, 0.2) is 60.8 Å². The van der Waals surface area contributed by atoms with E-state index in [0.29, 0.717) is 12.5 Å². The molecule has 0 saturated carbocycles. The van der Waals surface area contributed by atoms with Gasteiger partial charge in [0.15, 0.2) is 0 Å². The monoisotopic (exact) mass is 371 g/mol. The summed E-state index contributed by atoms with van der Waals surface area (Å²) in [6, 6.07) is 16.4. The van der Waals surface area contributed by atoms with Gasteiger partial charge in [-0.1, -0.05) is 12.1 Å². The first kappa shape index (κ1) is 16.4. The molecule has 1 aliphatic rings. The normalized spacial score (nSPS) is 12.2. The van der Waals surface area contributed by atoms with Crippen LogP contribution >= 0.6 is 0 Å². The Balaban J connectivity index is 1.85. The fourth-order valence-electron chi connectivity index (χ4n) is 3.76. The molecule has 0 saturated heterocycles. The van der Waals surface area contributed by atoms with Gasteiger partial charge in [-0.25, -0.2) is 4.98 Å². The molecule has 28 heavy (non-hydrogen) atoms. The zero-order chi connectivity index (χ0) is 19.3. The molecule has 2 N–H and O–H groups in total. The Morgan fingerprint density at radius 3 is 2.54 bits per heavy atom. The van der Waals surface area contributed by atoms with Gasteiger partial charge >= 0.3 is 0 Å². The summed E-state index contributed by atoms with van der Waals surface area (Å²) in [4.78, 5) is 4.33. The van der Waals surface area contributed by atoms with Crippen LogP contribution in [0.5, 0.6) is 23.1 Å². The molecule has 3 aromatic carbocycles. The molecule has 4 aromatic rings. The smallest absolute Gasteiger partial charge is 0.212 e. The number of aromatic hydroxyl groups is 2. The molecule has 1 aliphatic heterocycles. The van der Waals surface area contributed by atoms with E-state index < -0.39 is 0 Å². The Morgan fingerprint density at radius 2 is 1.75 bits per heavy atom. The van der Waals surface area contributed by atoms with Crippen molar-refractivity contribution in [3.05, 3.63) is 66.4 Å². The first-order valence-corrected chi connectivity index (χ1v) is 8.89. The van der Waals surface area contributed by atoms with E-state index in [9.17, 15) is 10.2 Å². The van der Waals surface area contributed by atoms with E-state index in [-0.39, 0.29) is 11.5 Å². The van der Waals surface area contributed by atoms with E-state index in [0.717, 1.165) is 44.3 Å². The quantitative estimate of drug-likeness (QED) is 0.525. The van der Waals surface area contributed by atoms with Crippen molar-refractivity contribution in [2.75, 3.05) is 7.11 Å². The minimum Gasteiger partial charge on any atom is -0.508 e. The first-order valence-electron chi connectivity index (χ1n) is 8.89. The Hall–Kier alpha value is -3.73. The van der Waals surface area contributed by atoms with E-state index in [1.54, 1.807) is 43.6 Å². The zero-order valence-electron chi connectivity index (χ0n) is 15.1. The highest BCUT2D eigenvalue weighted by molar-refractivity contribution is 6.05. The van der Waals surface area contributed by atoms with Crippen LogP contribution < -0.4 is 9.47 Å². The minimum atomic E-state index is 0.191. The van der Waals surface area contributed by atoms with Crippen molar-refractivity contribution >= 4 is 10.8 Å². The number of hydrogen-bond donors (Lipinski definition) is 2. The summed E-state index contributed by atoms with van der Waals surface area (Å²) in [5, 5.41) is 21.7. The van der Waals surface area contributed by atoms with Crippen molar-refractivity contribution in [3.63, 3.8) is 0 Å². The van der Waals surface area contributed by atoms with Gasteiger partial charge in [-0.15, -0.1) is 0 Å². The summed E-state index contributed by atoms with van der Waals surface area (Å²) >= 11 is 0. The lowest BCUT2D eigenvalue weighted by atomic mass is 9.89. The molecule has 0 spiro atoms. The standard InChI is InChI=1S/C23H17NO4/c1-27-21-7-3-14(11-24-21)22-19-10-17(26)4-2-13(19)9-20-18-6-5-16(25)8-15(18)12-28-23(20)22/h2-11,25-26H,12H2,1H3. The number of hydrogen-bond acceptors (Lipinski definition) is 5. The fourth-order valence-corrected chi connectivity index (χ4v) is 3.76. The topological polar surface area (TPSA) is 71.8 Å². The molecule has 0 fully saturated rings. The average Bonchev–Trinajstić information content (AvgIpc) is 2.72. The van der Waals surface area contributed by atoms with Crippen LogP contribution in [0.3, 0.4) is 0 Å². The molecule has 0 bridgehead atoms. The summed E-state index contributed by atoms with van der Waals surface area (Å²) in [6.07, 6.45) is 1.74. The van der Waals surface area contributed by atoms with Crippen LogP contribution in [-0.4, -0.2) is 22.3 Å². The van der Waals surface area contributed by atoms with E-state index in [4.69, 9.17) is 9.47 Å². The Bertz CT molecular complexity index is 1220. The maximum Gasteiger partial charge on any atom is 0.212 e. The molecule has 0 atom stereocenters. The van der Waals surface area contributed by atoms with Crippen molar-refractivity contribution in [1.82, 2.24) is 4.98 Å². The predicted molar refractivity (Wildman–Crippen MR) is 107 cm³/mol. The minimum absolute atomic E-state index is 0.191. The van der Waals surface area contributed by atoms with Gasteiger partial charge < -0.3 is 19.7 Å². The predicted octanol–water partition coefficient (Wildman–Crippen LogP) is 4.88. The van der Waals surface area contributed by atoms with Crippen LogP contribution in [0.25, 0.3) is 33.0 Å². The van der Waals surface area contributed by atoms with Crippen LogP contribution in [0.1, 0.15) is 5.56 Å². The van der Waals surface area contributed by atoms with Crippen LogP contribution in [0.2, 0.25) is 0 Å². The number of pyridine rings is 1. The molecule has 5 nitrogen and oxygen atoms in total. The van der Waals surface area contributed by atoms with Gasteiger partial charge in [0.1, 0.15) is 23.9 Å². The number of phenolic OH excluding ortho intramolecular Hbond substituents is 2. The highest BCUT2D eigenvalue weighted by Gasteiger charge is 2.24. The molecule has 0 unspecified atom stereocenters. The molecule has 5 heteroatoms. The third-order valence-electron chi connectivity index (χ3n) is 5.06. The van der Waals surface area contributed by atoms with Crippen molar-refractivity contribution < 1.29 is 19.7 Å². The number of aromatic nitrogens is 1. The lowest BCUT2D eigenvalue weighted by Gasteiger charge is -2.25. The summed E-state index contributed by atoms with van der Waals surface area (Å²) in [7, 11) is 1.58. The van der Waals surface area contributed by atoms with Gasteiger partial charge in [0.05, 0.1) is 7.11 Å². The van der Waals surface area contributed by atoms with Gasteiger partial charge in [-0.05, 0) is 52.7 Å². The Morgan fingerprint density at radius 1 is 0.929 bits per heavy atom. The van der Waals surface area contributed by atoms with Crippen LogP contribution in [-0.2, 0) is 6.61 Å². The number of rotatable bonds is 2. The van der Waals surface area contributed by atoms with E-state index in [1.165, 1.54) is 0 Å².